The summed E-state index contributed by atoms with van der Waals surface area (Å²) in [6.07, 6.45) is 4.16. The molecule has 1 aromatic rings. The lowest BCUT2D eigenvalue weighted by atomic mass is 9.87. The van der Waals surface area contributed by atoms with Gasteiger partial charge in [-0.2, -0.15) is 4.31 Å². The molecule has 106 valence electrons. The molecule has 0 aromatic heterocycles. The number of benzene rings is 1. The summed E-state index contributed by atoms with van der Waals surface area (Å²) in [7, 11) is -1.81. The Bertz CT molecular complexity index is 542. The number of rotatable bonds is 3. The molecule has 0 aliphatic heterocycles. The summed E-state index contributed by atoms with van der Waals surface area (Å²) in [6.45, 7) is 2.18. The summed E-state index contributed by atoms with van der Waals surface area (Å²) in [4.78, 5) is 0.218. The SMILES string of the molecule is CC1CCCC(N(C)S(=O)(=O)c2ccccc2N)C1. The Balaban J connectivity index is 2.27. The molecule has 0 bridgehead atoms. The third-order valence-corrected chi connectivity index (χ3v) is 5.98. The number of hydrogen-bond acceptors (Lipinski definition) is 3. The van der Waals surface area contributed by atoms with Crippen molar-refractivity contribution in [2.24, 2.45) is 5.92 Å². The van der Waals surface area contributed by atoms with Crippen LogP contribution in [-0.4, -0.2) is 25.8 Å². The Morgan fingerprint density at radius 3 is 2.58 bits per heavy atom. The quantitative estimate of drug-likeness (QED) is 0.866. The molecule has 1 aromatic carbocycles. The first-order valence-corrected chi connectivity index (χ1v) is 8.19. The molecule has 1 aliphatic carbocycles. The van der Waals surface area contributed by atoms with Gasteiger partial charge < -0.3 is 5.73 Å². The number of anilines is 1. The molecule has 0 amide bonds. The van der Waals surface area contributed by atoms with Crippen molar-refractivity contribution in [1.82, 2.24) is 4.31 Å². The summed E-state index contributed by atoms with van der Waals surface area (Å²) in [5, 5.41) is 0. The van der Waals surface area contributed by atoms with Crippen molar-refractivity contribution in [3.63, 3.8) is 0 Å². The lowest BCUT2D eigenvalue weighted by Crippen LogP contribution is -2.40. The lowest BCUT2D eigenvalue weighted by Gasteiger charge is -2.33. The molecule has 2 N–H and O–H groups in total. The van der Waals surface area contributed by atoms with Crippen molar-refractivity contribution in [2.75, 3.05) is 12.8 Å². The van der Waals surface area contributed by atoms with E-state index in [9.17, 15) is 8.42 Å². The zero-order chi connectivity index (χ0) is 14.0. The van der Waals surface area contributed by atoms with Crippen molar-refractivity contribution in [3.8, 4) is 0 Å². The second-order valence-corrected chi connectivity index (χ2v) is 7.45. The topological polar surface area (TPSA) is 63.4 Å². The number of nitrogens with two attached hydrogens (primary N) is 1. The zero-order valence-corrected chi connectivity index (χ0v) is 12.4. The molecule has 19 heavy (non-hydrogen) atoms. The molecule has 1 saturated carbocycles. The van der Waals surface area contributed by atoms with Crippen LogP contribution in [0, 0.1) is 5.92 Å². The van der Waals surface area contributed by atoms with Crippen LogP contribution >= 0.6 is 0 Å². The molecule has 0 heterocycles. The van der Waals surface area contributed by atoms with E-state index in [4.69, 9.17) is 5.73 Å². The maximum Gasteiger partial charge on any atom is 0.245 e. The first-order valence-electron chi connectivity index (χ1n) is 6.75. The number of nitrogens with zero attached hydrogens (tertiary/aromatic N) is 1. The van der Waals surface area contributed by atoms with Crippen LogP contribution in [0.15, 0.2) is 29.2 Å². The summed E-state index contributed by atoms with van der Waals surface area (Å²) in [5.74, 6) is 0.588. The van der Waals surface area contributed by atoms with E-state index in [1.165, 1.54) is 10.7 Å². The minimum atomic E-state index is -3.48. The minimum absolute atomic E-state index is 0.0911. The highest BCUT2D eigenvalue weighted by molar-refractivity contribution is 7.89. The fourth-order valence-corrected chi connectivity index (χ4v) is 4.31. The van der Waals surface area contributed by atoms with Crippen LogP contribution in [0.3, 0.4) is 0 Å². The van der Waals surface area contributed by atoms with Gasteiger partial charge in [-0.1, -0.05) is 31.9 Å². The highest BCUT2D eigenvalue weighted by Gasteiger charge is 2.31. The highest BCUT2D eigenvalue weighted by Crippen LogP contribution is 2.31. The van der Waals surface area contributed by atoms with Gasteiger partial charge in [0.15, 0.2) is 0 Å². The second-order valence-electron chi connectivity index (χ2n) is 5.48. The number of para-hydroxylation sites is 1. The van der Waals surface area contributed by atoms with E-state index in [2.05, 4.69) is 6.92 Å². The molecule has 1 fully saturated rings. The van der Waals surface area contributed by atoms with Gasteiger partial charge in [0.25, 0.3) is 0 Å². The molecular formula is C14H22N2O2S. The van der Waals surface area contributed by atoms with Crippen LogP contribution in [0.4, 0.5) is 5.69 Å². The maximum atomic E-state index is 12.6. The van der Waals surface area contributed by atoms with Crippen LogP contribution in [-0.2, 0) is 10.0 Å². The third kappa shape index (κ3) is 2.92. The smallest absolute Gasteiger partial charge is 0.245 e. The Hall–Kier alpha value is -1.07. The van der Waals surface area contributed by atoms with Gasteiger partial charge >= 0.3 is 0 Å². The Morgan fingerprint density at radius 2 is 1.95 bits per heavy atom. The van der Waals surface area contributed by atoms with Crippen molar-refractivity contribution >= 4 is 15.7 Å². The molecule has 0 spiro atoms. The van der Waals surface area contributed by atoms with Crippen LogP contribution in [0.25, 0.3) is 0 Å². The number of hydrogen-bond donors (Lipinski definition) is 1. The molecule has 2 atom stereocenters. The average Bonchev–Trinajstić information content (AvgIpc) is 2.38. The minimum Gasteiger partial charge on any atom is -0.398 e. The number of sulfonamides is 1. The Morgan fingerprint density at radius 1 is 1.26 bits per heavy atom. The fourth-order valence-electron chi connectivity index (χ4n) is 2.80. The van der Waals surface area contributed by atoms with Gasteiger partial charge in [-0.3, -0.25) is 0 Å². The van der Waals surface area contributed by atoms with Crippen molar-refractivity contribution in [1.29, 1.82) is 0 Å². The summed E-state index contributed by atoms with van der Waals surface area (Å²) in [5.41, 5.74) is 6.11. The zero-order valence-electron chi connectivity index (χ0n) is 11.5. The van der Waals surface area contributed by atoms with Gasteiger partial charge in [-0.05, 0) is 30.9 Å². The Kier molecular flexibility index (Phi) is 4.16. The standard InChI is InChI=1S/C14H22N2O2S/c1-11-6-5-7-12(10-11)16(2)19(17,18)14-9-4-3-8-13(14)15/h3-4,8-9,11-12H,5-7,10,15H2,1-2H3. The third-order valence-electron chi connectivity index (χ3n) is 4.00. The van der Waals surface area contributed by atoms with Gasteiger partial charge in [-0.25, -0.2) is 8.42 Å². The van der Waals surface area contributed by atoms with Gasteiger partial charge in [0.05, 0.1) is 5.69 Å². The van der Waals surface area contributed by atoms with E-state index in [1.54, 1.807) is 31.3 Å². The predicted octanol–water partition coefficient (Wildman–Crippen LogP) is 2.47. The first-order chi connectivity index (χ1) is 8.93. The Labute approximate surface area is 115 Å². The fraction of sp³-hybridized carbons (Fsp3) is 0.571. The molecule has 0 radical (unpaired) electrons. The second kappa shape index (κ2) is 5.51. The average molecular weight is 282 g/mol. The van der Waals surface area contributed by atoms with Crippen LogP contribution in [0.1, 0.15) is 32.6 Å². The largest absolute Gasteiger partial charge is 0.398 e. The van der Waals surface area contributed by atoms with Gasteiger partial charge in [-0.15, -0.1) is 0 Å². The predicted molar refractivity (Wildman–Crippen MR) is 77.2 cm³/mol. The van der Waals surface area contributed by atoms with Gasteiger partial charge in [0, 0.05) is 13.1 Å². The summed E-state index contributed by atoms with van der Waals surface area (Å²) < 4.78 is 26.7. The molecule has 5 heteroatoms. The number of nitrogen functional groups attached to an aromatic ring is 1. The van der Waals surface area contributed by atoms with Crippen LogP contribution in [0.5, 0.6) is 0 Å². The van der Waals surface area contributed by atoms with E-state index >= 15 is 0 Å². The first kappa shape index (κ1) is 14.3. The van der Waals surface area contributed by atoms with Crippen molar-refractivity contribution in [3.05, 3.63) is 24.3 Å². The van der Waals surface area contributed by atoms with E-state index in [-0.39, 0.29) is 10.9 Å². The van der Waals surface area contributed by atoms with Crippen LogP contribution < -0.4 is 5.73 Å². The molecule has 2 rings (SSSR count). The van der Waals surface area contributed by atoms with Crippen molar-refractivity contribution in [2.45, 2.75) is 43.5 Å². The molecule has 0 saturated heterocycles. The van der Waals surface area contributed by atoms with E-state index in [0.29, 0.717) is 11.6 Å². The van der Waals surface area contributed by atoms with Crippen molar-refractivity contribution < 1.29 is 8.42 Å². The van der Waals surface area contributed by atoms with Gasteiger partial charge in [0.1, 0.15) is 4.90 Å². The molecule has 4 nitrogen and oxygen atoms in total. The summed E-state index contributed by atoms with van der Waals surface area (Å²) in [6, 6.07) is 6.75. The molecule has 2 unspecified atom stereocenters. The molecular weight excluding hydrogens is 260 g/mol. The van der Waals surface area contributed by atoms with E-state index < -0.39 is 10.0 Å². The monoisotopic (exact) mass is 282 g/mol. The molecule has 1 aliphatic rings. The van der Waals surface area contributed by atoms with Crippen LogP contribution in [0.2, 0.25) is 0 Å². The van der Waals surface area contributed by atoms with E-state index in [1.807, 2.05) is 0 Å². The summed E-state index contributed by atoms with van der Waals surface area (Å²) >= 11 is 0. The highest BCUT2D eigenvalue weighted by atomic mass is 32.2. The van der Waals surface area contributed by atoms with E-state index in [0.717, 1.165) is 19.3 Å². The lowest BCUT2D eigenvalue weighted by molar-refractivity contribution is 0.239. The van der Waals surface area contributed by atoms with Gasteiger partial charge in [0.2, 0.25) is 10.0 Å². The normalized spacial score (nSPS) is 24.6. The maximum absolute atomic E-state index is 12.6.